The smallest absolute Gasteiger partial charge is 0.731 e. The van der Waals surface area contributed by atoms with Gasteiger partial charge >= 0.3 is 35.5 Å². The molecule has 0 unspecified atom stereocenters. The first-order valence-electron chi connectivity index (χ1n) is 7.05. The summed E-state index contributed by atoms with van der Waals surface area (Å²) in [4.78, 5) is 50.7. The molecule has 1 aliphatic heterocycles. The summed E-state index contributed by atoms with van der Waals surface area (Å²) in [5.74, 6) is -3.93. The van der Waals surface area contributed by atoms with Gasteiger partial charge in [-0.3, -0.25) is 14.4 Å². The molecule has 16 heteroatoms. The number of methoxy groups -OCH3 is 1. The molecule has 0 saturated carbocycles. The van der Waals surface area contributed by atoms with Gasteiger partial charge in [0.25, 0.3) is 5.91 Å². The van der Waals surface area contributed by atoms with Gasteiger partial charge in [0.1, 0.15) is 11.9 Å². The van der Waals surface area contributed by atoms with Crippen LogP contribution in [-0.4, -0.2) is 71.0 Å². The minimum absolute atomic E-state index is 0. The molecular formula is C12H12ClN4NaO8S2. The van der Waals surface area contributed by atoms with Crippen LogP contribution in [-0.2, 0) is 40.6 Å². The number of esters is 1. The predicted molar refractivity (Wildman–Crippen MR) is 89.4 cm³/mol. The third-order valence-electron chi connectivity index (χ3n) is 3.31. The number of hydrogen-bond donors (Lipinski definition) is 2. The summed E-state index contributed by atoms with van der Waals surface area (Å²) in [6.45, 7) is 0. The van der Waals surface area contributed by atoms with E-state index in [2.05, 4.69) is 20.4 Å². The Morgan fingerprint density at radius 2 is 2.04 bits per heavy atom. The molecule has 0 radical (unpaired) electrons. The Hall–Kier alpha value is -1.29. The molecule has 1 saturated heterocycles. The number of anilines is 1. The summed E-state index contributed by atoms with van der Waals surface area (Å²) in [7, 11) is -4.30. The number of aromatic nitrogens is 1. The fourth-order valence-electron chi connectivity index (χ4n) is 2.19. The van der Waals surface area contributed by atoms with Crippen LogP contribution in [0.3, 0.4) is 0 Å². The molecule has 1 aromatic heterocycles. The van der Waals surface area contributed by atoms with E-state index in [-0.39, 0.29) is 57.0 Å². The Kier molecular flexibility index (Phi) is 8.80. The molecule has 2 N–H and O–H groups in total. The van der Waals surface area contributed by atoms with Gasteiger partial charge < -0.3 is 19.9 Å². The van der Waals surface area contributed by atoms with E-state index in [1.165, 1.54) is 5.38 Å². The minimum atomic E-state index is -5.24. The maximum absolute atomic E-state index is 12.1. The number of nitrogens with one attached hydrogen (secondary N) is 2. The third-order valence-corrected chi connectivity index (χ3v) is 5.25. The molecule has 0 aromatic carbocycles. The Morgan fingerprint density at radius 3 is 2.57 bits per heavy atom. The fraction of sp³-hybridized carbons (Fsp3) is 0.417. The van der Waals surface area contributed by atoms with Crippen molar-refractivity contribution in [3.05, 3.63) is 11.1 Å². The molecule has 148 valence electrons. The molecule has 1 aliphatic rings. The van der Waals surface area contributed by atoms with Crippen molar-refractivity contribution in [2.45, 2.75) is 18.5 Å². The Morgan fingerprint density at radius 1 is 1.39 bits per heavy atom. The van der Waals surface area contributed by atoms with Gasteiger partial charge in [-0.25, -0.2) is 22.5 Å². The first kappa shape index (κ1) is 24.7. The number of rotatable bonds is 7. The minimum Gasteiger partial charge on any atom is -0.731 e. The molecule has 1 aromatic rings. The fourth-order valence-corrected chi connectivity index (χ4v) is 3.81. The third kappa shape index (κ3) is 5.62. The zero-order valence-corrected chi connectivity index (χ0v) is 18.9. The maximum atomic E-state index is 12.1. The van der Waals surface area contributed by atoms with Crippen molar-refractivity contribution in [3.8, 4) is 0 Å². The molecule has 0 bridgehead atoms. The zero-order valence-electron chi connectivity index (χ0n) is 14.5. The number of nitrogens with zero attached hydrogens (tertiary/aromatic N) is 2. The van der Waals surface area contributed by atoms with E-state index in [4.69, 9.17) is 11.6 Å². The Labute approximate surface area is 190 Å². The summed E-state index contributed by atoms with van der Waals surface area (Å²) in [5.41, 5.74) is 0.247. The molecule has 3 amide bonds. The van der Waals surface area contributed by atoms with Crippen LogP contribution in [0.2, 0.25) is 0 Å². The van der Waals surface area contributed by atoms with Crippen molar-refractivity contribution < 1.29 is 66.4 Å². The topological polar surface area (TPSA) is 175 Å². The quantitative estimate of drug-likeness (QED) is 0.132. The van der Waals surface area contributed by atoms with Crippen molar-refractivity contribution in [1.29, 1.82) is 0 Å². The molecule has 12 nitrogen and oxygen atoms in total. The summed E-state index contributed by atoms with van der Waals surface area (Å²) >= 11 is 6.38. The van der Waals surface area contributed by atoms with Crippen LogP contribution < -0.4 is 40.2 Å². The largest absolute Gasteiger partial charge is 1.00 e. The molecule has 0 aliphatic carbocycles. The normalized spacial score (nSPS) is 18.5. The second-order valence-electron chi connectivity index (χ2n) is 5.11. The van der Waals surface area contributed by atoms with Crippen molar-refractivity contribution in [1.82, 2.24) is 14.6 Å². The van der Waals surface area contributed by atoms with Gasteiger partial charge in [-0.15, -0.1) is 22.9 Å². The van der Waals surface area contributed by atoms with Crippen molar-refractivity contribution >= 4 is 62.1 Å². The maximum Gasteiger partial charge on any atom is 1.00 e. The Balaban J connectivity index is 0.00000392. The summed E-state index contributed by atoms with van der Waals surface area (Å²) in [6.07, 6.45) is -0.324. The number of hydrogen-bond acceptors (Lipinski definition) is 10. The van der Waals surface area contributed by atoms with Crippen molar-refractivity contribution in [2.24, 2.45) is 0 Å². The number of carbonyl (C=O) groups excluding carboxylic acids is 4. The van der Waals surface area contributed by atoms with E-state index in [1.807, 2.05) is 0 Å². The zero-order chi connectivity index (χ0) is 20.4. The first-order valence-corrected chi connectivity index (χ1v) is 9.83. The van der Waals surface area contributed by atoms with Crippen molar-refractivity contribution in [3.63, 3.8) is 0 Å². The summed E-state index contributed by atoms with van der Waals surface area (Å²) < 4.78 is 37.4. The molecule has 2 atom stereocenters. The van der Waals surface area contributed by atoms with Crippen molar-refractivity contribution in [2.75, 3.05) is 18.3 Å². The van der Waals surface area contributed by atoms with Gasteiger partial charge in [-0.2, -0.15) is 0 Å². The van der Waals surface area contributed by atoms with E-state index in [9.17, 15) is 32.1 Å². The first-order chi connectivity index (χ1) is 12.6. The van der Waals surface area contributed by atoms with E-state index >= 15 is 0 Å². The van der Waals surface area contributed by atoms with Crippen LogP contribution in [0.25, 0.3) is 0 Å². The molecule has 2 heterocycles. The number of thiazole rings is 1. The Bertz CT molecular complexity index is 892. The van der Waals surface area contributed by atoms with Crippen LogP contribution in [0.15, 0.2) is 5.38 Å². The van der Waals surface area contributed by atoms with Crippen LogP contribution in [0.5, 0.6) is 0 Å². The van der Waals surface area contributed by atoms with Gasteiger partial charge in [-0.1, -0.05) is 0 Å². The summed E-state index contributed by atoms with van der Waals surface area (Å²) in [5, 5.41) is 6.23. The predicted octanol–water partition coefficient (Wildman–Crippen LogP) is -4.80. The van der Waals surface area contributed by atoms with Crippen LogP contribution in [0, 0.1) is 0 Å². The number of ether oxygens (including phenoxy) is 1. The van der Waals surface area contributed by atoms with Gasteiger partial charge in [0.05, 0.1) is 19.2 Å². The molecule has 28 heavy (non-hydrogen) atoms. The average molecular weight is 463 g/mol. The van der Waals surface area contributed by atoms with E-state index < -0.39 is 46.1 Å². The number of amides is 3. The van der Waals surface area contributed by atoms with E-state index in [0.29, 0.717) is 0 Å². The molecule has 0 spiro atoms. The van der Waals surface area contributed by atoms with Crippen LogP contribution in [0.4, 0.5) is 5.13 Å². The molecule has 1 fully saturated rings. The van der Waals surface area contributed by atoms with Crippen LogP contribution >= 0.6 is 22.9 Å². The van der Waals surface area contributed by atoms with Gasteiger partial charge in [0.15, 0.2) is 21.5 Å². The second-order valence-corrected chi connectivity index (χ2v) is 7.48. The average Bonchev–Trinajstić information content (AvgIpc) is 3.01. The summed E-state index contributed by atoms with van der Waals surface area (Å²) in [6, 6.07) is -3.33. The SMILES string of the molecule is COC(=O)[C@H]1[C@@H](NC(=O)Cc2csc(NC(=O)CCl)n2)C(=O)N1S(=O)(=O)[O-].[Na+]. The molecular weight excluding hydrogens is 451 g/mol. The number of β-lactam (4-membered cyclic amide) rings is 1. The van der Waals surface area contributed by atoms with E-state index in [1.54, 1.807) is 0 Å². The number of alkyl halides is 1. The number of halogens is 1. The standard InChI is InChI=1S/C12H13ClN4O8S2.Na/c1-25-11(21)9-8(10(20)17(9)27(22,23)24)15-6(18)2-5-4-26-12(14-5)16-7(19)3-13;/h4,8-9H,2-3H2,1H3,(H,15,18)(H,14,16,19)(H,22,23,24);/q;+1/p-1/t8-,9-;/m1./s1. The second kappa shape index (κ2) is 9.96. The number of carbonyl (C=O) groups is 4. The van der Waals surface area contributed by atoms with Gasteiger partial charge in [-0.05, 0) is 0 Å². The van der Waals surface area contributed by atoms with E-state index in [0.717, 1.165) is 18.4 Å². The van der Waals surface area contributed by atoms with Crippen LogP contribution in [0.1, 0.15) is 5.69 Å². The van der Waals surface area contributed by atoms with Gasteiger partial charge in [0.2, 0.25) is 11.8 Å². The molecule has 2 rings (SSSR count). The monoisotopic (exact) mass is 462 g/mol. The van der Waals surface area contributed by atoms with Gasteiger partial charge in [0, 0.05) is 5.38 Å².